The molecule has 0 radical (unpaired) electrons. The summed E-state index contributed by atoms with van der Waals surface area (Å²) < 4.78 is 5.50. The average Bonchev–Trinajstić information content (AvgIpc) is 2.30. The lowest BCUT2D eigenvalue weighted by molar-refractivity contribution is -0.137. The van der Waals surface area contributed by atoms with Crippen LogP contribution < -0.4 is 4.74 Å². The molecule has 1 rings (SSSR count). The quantitative estimate of drug-likeness (QED) is 0.763. The molecule has 3 nitrogen and oxygen atoms in total. The predicted octanol–water partition coefficient (Wildman–Crippen LogP) is 4.21. The van der Waals surface area contributed by atoms with Gasteiger partial charge in [0.1, 0.15) is 11.0 Å². The Morgan fingerprint density at radius 3 is 2.63 bits per heavy atom. The van der Waals surface area contributed by atoms with Gasteiger partial charge in [0.15, 0.2) is 0 Å². The number of carbonyl (C=O) groups is 1. The number of carboxylic acid groups (broad SMARTS) is 1. The molecule has 19 heavy (non-hydrogen) atoms. The van der Waals surface area contributed by atoms with Crippen molar-refractivity contribution in [3.63, 3.8) is 0 Å². The smallest absolute Gasteiger partial charge is 0.316 e. The number of hydrogen-bond donors (Lipinski definition) is 1. The monoisotopic (exact) mass is 322 g/mol. The van der Waals surface area contributed by atoms with Gasteiger partial charge in [0, 0.05) is 10.8 Å². The highest BCUT2D eigenvalue weighted by Crippen LogP contribution is 2.28. The topological polar surface area (TPSA) is 46.5 Å². The normalized spacial score (nSPS) is 12.5. The van der Waals surface area contributed by atoms with E-state index in [-0.39, 0.29) is 5.92 Å². The SMILES string of the molecule is CC(C)C(SCCOc1ccc(Cl)cc1Cl)C(=O)O. The molecule has 0 saturated carbocycles. The van der Waals surface area contributed by atoms with Crippen molar-refractivity contribution in [1.29, 1.82) is 0 Å². The highest BCUT2D eigenvalue weighted by Gasteiger charge is 2.21. The molecule has 0 aliphatic rings. The molecule has 1 aromatic carbocycles. The van der Waals surface area contributed by atoms with Crippen LogP contribution in [0.3, 0.4) is 0 Å². The van der Waals surface area contributed by atoms with Crippen molar-refractivity contribution in [2.75, 3.05) is 12.4 Å². The number of ether oxygens (including phenoxy) is 1. The number of thioether (sulfide) groups is 1. The summed E-state index contributed by atoms with van der Waals surface area (Å²) in [5, 5.41) is 9.63. The molecule has 0 saturated heterocycles. The van der Waals surface area contributed by atoms with Gasteiger partial charge in [0.05, 0.1) is 11.6 Å². The van der Waals surface area contributed by atoms with E-state index in [0.29, 0.717) is 28.2 Å². The van der Waals surface area contributed by atoms with E-state index in [1.807, 2.05) is 13.8 Å². The first kappa shape index (κ1) is 16.5. The number of benzene rings is 1. The van der Waals surface area contributed by atoms with Crippen molar-refractivity contribution >= 4 is 40.9 Å². The van der Waals surface area contributed by atoms with Gasteiger partial charge in [0.2, 0.25) is 0 Å². The van der Waals surface area contributed by atoms with E-state index in [1.54, 1.807) is 18.2 Å². The van der Waals surface area contributed by atoms with Crippen LogP contribution in [0.25, 0.3) is 0 Å². The number of hydrogen-bond acceptors (Lipinski definition) is 3. The summed E-state index contributed by atoms with van der Waals surface area (Å²) >= 11 is 13.1. The fourth-order valence-corrected chi connectivity index (χ4v) is 2.89. The van der Waals surface area contributed by atoms with Crippen LogP contribution in [0.1, 0.15) is 13.8 Å². The number of carboxylic acids is 1. The largest absolute Gasteiger partial charge is 0.491 e. The third-order valence-corrected chi connectivity index (χ3v) is 4.42. The summed E-state index contributed by atoms with van der Waals surface area (Å²) in [6.07, 6.45) is 0. The maximum absolute atomic E-state index is 11.0. The Morgan fingerprint density at radius 2 is 2.11 bits per heavy atom. The summed E-state index contributed by atoms with van der Waals surface area (Å²) in [5.41, 5.74) is 0. The lowest BCUT2D eigenvalue weighted by atomic mass is 10.1. The molecule has 0 heterocycles. The summed E-state index contributed by atoms with van der Waals surface area (Å²) in [6.45, 7) is 4.19. The first-order valence-corrected chi connectivity index (χ1v) is 7.64. The minimum Gasteiger partial charge on any atom is -0.491 e. The fraction of sp³-hybridized carbons (Fsp3) is 0.462. The maximum atomic E-state index is 11.0. The van der Waals surface area contributed by atoms with Crippen LogP contribution in [-0.4, -0.2) is 28.7 Å². The molecule has 106 valence electrons. The van der Waals surface area contributed by atoms with E-state index in [9.17, 15) is 4.79 Å². The van der Waals surface area contributed by atoms with Gasteiger partial charge in [-0.15, -0.1) is 11.8 Å². The molecule has 6 heteroatoms. The first-order chi connectivity index (χ1) is 8.91. The van der Waals surface area contributed by atoms with Gasteiger partial charge in [-0.2, -0.15) is 0 Å². The van der Waals surface area contributed by atoms with Gasteiger partial charge in [-0.25, -0.2) is 0 Å². The zero-order valence-electron chi connectivity index (χ0n) is 10.7. The van der Waals surface area contributed by atoms with Crippen molar-refractivity contribution in [2.45, 2.75) is 19.1 Å². The number of halogens is 2. The maximum Gasteiger partial charge on any atom is 0.316 e. The average molecular weight is 323 g/mol. The second-order valence-corrected chi connectivity index (χ2v) is 6.39. The molecular formula is C13H16Cl2O3S. The van der Waals surface area contributed by atoms with Crippen molar-refractivity contribution in [1.82, 2.24) is 0 Å². The van der Waals surface area contributed by atoms with Crippen LogP contribution in [0.15, 0.2) is 18.2 Å². The van der Waals surface area contributed by atoms with Crippen LogP contribution in [0.2, 0.25) is 10.0 Å². The minimum atomic E-state index is -0.787. The molecule has 0 bridgehead atoms. The Morgan fingerprint density at radius 1 is 1.42 bits per heavy atom. The summed E-state index contributed by atoms with van der Waals surface area (Å²) in [4.78, 5) is 11.0. The van der Waals surface area contributed by atoms with Gasteiger partial charge in [-0.1, -0.05) is 37.0 Å². The lowest BCUT2D eigenvalue weighted by Crippen LogP contribution is -2.23. The van der Waals surface area contributed by atoms with Crippen LogP contribution in [0, 0.1) is 5.92 Å². The molecule has 1 aromatic rings. The third-order valence-electron chi connectivity index (χ3n) is 2.38. The van der Waals surface area contributed by atoms with Gasteiger partial charge in [-0.3, -0.25) is 4.79 Å². The molecule has 0 aliphatic heterocycles. The lowest BCUT2D eigenvalue weighted by Gasteiger charge is -2.15. The van der Waals surface area contributed by atoms with Crippen LogP contribution in [-0.2, 0) is 4.79 Å². The van der Waals surface area contributed by atoms with Crippen molar-refractivity contribution in [3.8, 4) is 5.75 Å². The summed E-state index contributed by atoms with van der Waals surface area (Å²) in [5.74, 6) is 0.447. The van der Waals surface area contributed by atoms with E-state index in [1.165, 1.54) is 11.8 Å². The second-order valence-electron chi connectivity index (χ2n) is 4.30. The highest BCUT2D eigenvalue weighted by atomic mass is 35.5. The Labute approximate surface area is 127 Å². The van der Waals surface area contributed by atoms with Gasteiger partial charge >= 0.3 is 5.97 Å². The molecule has 1 unspecified atom stereocenters. The molecule has 0 aromatic heterocycles. The Balaban J connectivity index is 2.40. The third kappa shape index (κ3) is 5.51. The minimum absolute atomic E-state index is 0.0848. The van der Waals surface area contributed by atoms with E-state index in [0.717, 1.165) is 0 Å². The molecule has 0 fully saturated rings. The van der Waals surface area contributed by atoms with E-state index >= 15 is 0 Å². The fourth-order valence-electron chi connectivity index (χ4n) is 1.47. The molecule has 1 atom stereocenters. The summed E-state index contributed by atoms with van der Waals surface area (Å²) in [6, 6.07) is 5.01. The Kier molecular flexibility index (Phi) is 6.83. The van der Waals surface area contributed by atoms with Crippen LogP contribution in [0.4, 0.5) is 0 Å². The van der Waals surface area contributed by atoms with E-state index in [4.69, 9.17) is 33.0 Å². The van der Waals surface area contributed by atoms with E-state index in [2.05, 4.69) is 0 Å². The van der Waals surface area contributed by atoms with Crippen LogP contribution >= 0.6 is 35.0 Å². The zero-order chi connectivity index (χ0) is 14.4. The molecule has 0 spiro atoms. The predicted molar refractivity (Wildman–Crippen MR) is 80.7 cm³/mol. The number of rotatable bonds is 7. The van der Waals surface area contributed by atoms with Crippen molar-refractivity contribution < 1.29 is 14.6 Å². The molecular weight excluding hydrogens is 307 g/mol. The second kappa shape index (κ2) is 7.88. The molecule has 0 amide bonds. The first-order valence-electron chi connectivity index (χ1n) is 5.84. The standard InChI is InChI=1S/C13H16Cl2O3S/c1-8(2)12(13(16)17)19-6-5-18-11-4-3-9(14)7-10(11)15/h3-4,7-8,12H,5-6H2,1-2H3,(H,16,17). The van der Waals surface area contributed by atoms with Gasteiger partial charge in [-0.05, 0) is 24.1 Å². The van der Waals surface area contributed by atoms with Gasteiger partial charge in [0.25, 0.3) is 0 Å². The van der Waals surface area contributed by atoms with Crippen LogP contribution in [0.5, 0.6) is 5.75 Å². The number of aliphatic carboxylic acids is 1. The Bertz CT molecular complexity index is 438. The van der Waals surface area contributed by atoms with Gasteiger partial charge < -0.3 is 9.84 Å². The molecule has 0 aliphatic carbocycles. The van der Waals surface area contributed by atoms with Crippen molar-refractivity contribution in [3.05, 3.63) is 28.2 Å². The van der Waals surface area contributed by atoms with E-state index < -0.39 is 11.2 Å². The highest BCUT2D eigenvalue weighted by molar-refractivity contribution is 8.00. The Hall–Kier alpha value is -0.580. The zero-order valence-corrected chi connectivity index (χ0v) is 13.1. The van der Waals surface area contributed by atoms with Crippen molar-refractivity contribution in [2.24, 2.45) is 5.92 Å². The molecule has 1 N–H and O–H groups in total. The summed E-state index contributed by atoms with van der Waals surface area (Å²) in [7, 11) is 0.